The molecule has 0 atom stereocenters. The van der Waals surface area contributed by atoms with Gasteiger partial charge in [0, 0.05) is 18.2 Å². The minimum absolute atomic E-state index is 0.0382. The van der Waals surface area contributed by atoms with Crippen LogP contribution < -0.4 is 16.4 Å². The standard InChI is InChI=1S/C22H22F3N5O2/c1-2-3-6-14-10-21(28-22(32)27-19-12-17(24)16(23)11-18(19)25)30(29-14)15-7-4-5-13(8-15)9-20(26)31/h4-5,7-8,10-12H,2-3,6,9H2,1H3,(H2,26,31)(H2,27,28,32). The Balaban J connectivity index is 1.88. The predicted octanol–water partition coefficient (Wildman–Crippen LogP) is 4.30. The molecule has 1 heterocycles. The molecule has 0 saturated heterocycles. The number of nitrogens with two attached hydrogens (primary N) is 1. The number of amides is 3. The van der Waals surface area contributed by atoms with Crippen molar-refractivity contribution < 1.29 is 22.8 Å². The maximum Gasteiger partial charge on any atom is 0.324 e. The highest BCUT2D eigenvalue weighted by atomic mass is 19.2. The van der Waals surface area contributed by atoms with Crippen molar-refractivity contribution in [2.45, 2.75) is 32.6 Å². The normalized spacial score (nSPS) is 10.8. The summed E-state index contributed by atoms with van der Waals surface area (Å²) < 4.78 is 41.9. The van der Waals surface area contributed by atoms with Gasteiger partial charge in [0.2, 0.25) is 5.91 Å². The molecule has 3 amide bonds. The summed E-state index contributed by atoms with van der Waals surface area (Å²) in [6, 6.07) is 8.61. The molecule has 0 saturated carbocycles. The Morgan fingerprint density at radius 2 is 1.78 bits per heavy atom. The number of urea groups is 1. The largest absolute Gasteiger partial charge is 0.369 e. The van der Waals surface area contributed by atoms with Crippen LogP contribution in [-0.2, 0) is 17.6 Å². The summed E-state index contributed by atoms with van der Waals surface area (Å²) in [7, 11) is 0. The molecule has 0 spiro atoms. The molecule has 3 aromatic rings. The number of aromatic nitrogens is 2. The lowest BCUT2D eigenvalue weighted by atomic mass is 10.1. The van der Waals surface area contributed by atoms with E-state index in [0.29, 0.717) is 35.5 Å². The van der Waals surface area contributed by atoms with Crippen molar-refractivity contribution in [1.82, 2.24) is 9.78 Å². The Morgan fingerprint density at radius 3 is 2.50 bits per heavy atom. The molecule has 168 valence electrons. The highest BCUT2D eigenvalue weighted by Crippen LogP contribution is 2.22. The number of aryl methyl sites for hydroxylation is 1. The summed E-state index contributed by atoms with van der Waals surface area (Å²) in [6.45, 7) is 2.03. The van der Waals surface area contributed by atoms with Gasteiger partial charge in [0.05, 0.1) is 23.5 Å². The Labute approximate surface area is 182 Å². The third-order valence-corrected chi connectivity index (χ3v) is 4.58. The van der Waals surface area contributed by atoms with E-state index in [9.17, 15) is 22.8 Å². The number of anilines is 2. The molecule has 0 aliphatic heterocycles. The van der Waals surface area contributed by atoms with Gasteiger partial charge in [0.1, 0.15) is 11.6 Å². The highest BCUT2D eigenvalue weighted by molar-refractivity contribution is 5.99. The summed E-state index contributed by atoms with van der Waals surface area (Å²) in [5.74, 6) is -3.98. The summed E-state index contributed by atoms with van der Waals surface area (Å²) in [5.41, 5.74) is 6.70. The van der Waals surface area contributed by atoms with Crippen LogP contribution in [0.3, 0.4) is 0 Å². The smallest absolute Gasteiger partial charge is 0.324 e. The Morgan fingerprint density at radius 1 is 1.03 bits per heavy atom. The van der Waals surface area contributed by atoms with E-state index in [4.69, 9.17) is 5.73 Å². The number of hydrogen-bond donors (Lipinski definition) is 3. The summed E-state index contributed by atoms with van der Waals surface area (Å²) in [6.07, 6.45) is 2.53. The second kappa shape index (κ2) is 9.99. The fourth-order valence-electron chi connectivity index (χ4n) is 3.08. The first-order valence-corrected chi connectivity index (χ1v) is 9.96. The molecule has 0 bridgehead atoms. The van der Waals surface area contributed by atoms with Gasteiger partial charge in [-0.2, -0.15) is 5.10 Å². The zero-order valence-electron chi connectivity index (χ0n) is 17.3. The van der Waals surface area contributed by atoms with Gasteiger partial charge in [0.25, 0.3) is 0 Å². The minimum Gasteiger partial charge on any atom is -0.369 e. The van der Waals surface area contributed by atoms with Gasteiger partial charge in [-0.1, -0.05) is 25.5 Å². The molecule has 1 aromatic heterocycles. The number of carbonyl (C=O) groups excluding carboxylic acids is 2. The topological polar surface area (TPSA) is 102 Å². The predicted molar refractivity (Wildman–Crippen MR) is 114 cm³/mol. The number of hydrogen-bond acceptors (Lipinski definition) is 3. The van der Waals surface area contributed by atoms with E-state index >= 15 is 0 Å². The van der Waals surface area contributed by atoms with E-state index in [1.165, 1.54) is 4.68 Å². The van der Waals surface area contributed by atoms with Gasteiger partial charge in [-0.3, -0.25) is 10.1 Å². The van der Waals surface area contributed by atoms with Gasteiger partial charge in [-0.05, 0) is 30.5 Å². The number of primary amides is 1. The lowest BCUT2D eigenvalue weighted by molar-refractivity contribution is -0.117. The lowest BCUT2D eigenvalue weighted by Crippen LogP contribution is -2.22. The van der Waals surface area contributed by atoms with Gasteiger partial charge in [-0.15, -0.1) is 0 Å². The monoisotopic (exact) mass is 445 g/mol. The first kappa shape index (κ1) is 22.9. The lowest BCUT2D eigenvalue weighted by Gasteiger charge is -2.11. The quantitative estimate of drug-likeness (QED) is 0.451. The van der Waals surface area contributed by atoms with Crippen LogP contribution in [0.1, 0.15) is 31.0 Å². The number of nitrogens with zero attached hydrogens (tertiary/aromatic N) is 2. The second-order valence-corrected chi connectivity index (χ2v) is 7.17. The van der Waals surface area contributed by atoms with Crippen molar-refractivity contribution in [3.63, 3.8) is 0 Å². The molecule has 2 aromatic carbocycles. The second-order valence-electron chi connectivity index (χ2n) is 7.17. The Kier molecular flexibility index (Phi) is 7.14. The van der Waals surface area contributed by atoms with Crippen molar-refractivity contribution in [2.75, 3.05) is 10.6 Å². The van der Waals surface area contributed by atoms with Crippen LogP contribution >= 0.6 is 0 Å². The molecule has 10 heteroatoms. The van der Waals surface area contributed by atoms with E-state index < -0.39 is 35.1 Å². The molecule has 0 unspecified atom stereocenters. The first-order valence-electron chi connectivity index (χ1n) is 9.96. The third-order valence-electron chi connectivity index (χ3n) is 4.58. The molecular formula is C22H22F3N5O2. The zero-order chi connectivity index (χ0) is 23.3. The summed E-state index contributed by atoms with van der Waals surface area (Å²) in [5, 5.41) is 9.23. The van der Waals surface area contributed by atoms with Crippen LogP contribution in [0.5, 0.6) is 0 Å². The molecule has 4 N–H and O–H groups in total. The van der Waals surface area contributed by atoms with Crippen molar-refractivity contribution in [1.29, 1.82) is 0 Å². The van der Waals surface area contributed by atoms with Crippen molar-refractivity contribution in [2.24, 2.45) is 5.73 Å². The highest BCUT2D eigenvalue weighted by Gasteiger charge is 2.16. The van der Waals surface area contributed by atoms with E-state index in [0.717, 1.165) is 12.8 Å². The Hall–Kier alpha value is -3.82. The van der Waals surface area contributed by atoms with Crippen LogP contribution in [0.25, 0.3) is 5.69 Å². The fourth-order valence-corrected chi connectivity index (χ4v) is 3.08. The number of unbranched alkanes of at least 4 members (excludes halogenated alkanes) is 1. The van der Waals surface area contributed by atoms with Crippen molar-refractivity contribution in [3.05, 3.63) is 71.2 Å². The number of carbonyl (C=O) groups is 2. The molecular weight excluding hydrogens is 423 g/mol. The molecule has 0 fully saturated rings. The molecule has 32 heavy (non-hydrogen) atoms. The van der Waals surface area contributed by atoms with Gasteiger partial charge in [0.15, 0.2) is 11.6 Å². The van der Waals surface area contributed by atoms with Crippen LogP contribution in [0.2, 0.25) is 0 Å². The van der Waals surface area contributed by atoms with Crippen molar-refractivity contribution in [3.8, 4) is 5.69 Å². The van der Waals surface area contributed by atoms with Crippen LogP contribution in [-0.4, -0.2) is 21.7 Å². The van der Waals surface area contributed by atoms with Gasteiger partial charge >= 0.3 is 6.03 Å². The molecule has 0 aliphatic carbocycles. The van der Waals surface area contributed by atoms with Crippen LogP contribution in [0.15, 0.2) is 42.5 Å². The molecule has 0 aliphatic rings. The van der Waals surface area contributed by atoms with E-state index in [1.807, 2.05) is 6.92 Å². The zero-order valence-corrected chi connectivity index (χ0v) is 17.3. The fraction of sp³-hybridized carbons (Fsp3) is 0.227. The third kappa shape index (κ3) is 5.65. The van der Waals surface area contributed by atoms with Crippen LogP contribution in [0, 0.1) is 17.5 Å². The average molecular weight is 445 g/mol. The molecule has 0 radical (unpaired) electrons. The number of rotatable bonds is 8. The maximum atomic E-state index is 13.9. The maximum absolute atomic E-state index is 13.9. The Bertz CT molecular complexity index is 1150. The summed E-state index contributed by atoms with van der Waals surface area (Å²) in [4.78, 5) is 23.7. The first-order chi connectivity index (χ1) is 15.3. The molecule has 7 nitrogen and oxygen atoms in total. The van der Waals surface area contributed by atoms with Crippen molar-refractivity contribution >= 4 is 23.4 Å². The minimum atomic E-state index is -1.36. The number of halogens is 3. The SMILES string of the molecule is CCCCc1cc(NC(=O)Nc2cc(F)c(F)cc2F)n(-c2cccc(CC(N)=O)c2)n1. The number of nitrogens with one attached hydrogen (secondary N) is 2. The average Bonchev–Trinajstić information content (AvgIpc) is 3.12. The van der Waals surface area contributed by atoms with E-state index in [2.05, 4.69) is 15.7 Å². The summed E-state index contributed by atoms with van der Waals surface area (Å²) >= 11 is 0. The van der Waals surface area contributed by atoms with E-state index in [-0.39, 0.29) is 12.2 Å². The van der Waals surface area contributed by atoms with Gasteiger partial charge in [-0.25, -0.2) is 22.6 Å². The van der Waals surface area contributed by atoms with Crippen LogP contribution in [0.4, 0.5) is 29.5 Å². The number of benzene rings is 2. The van der Waals surface area contributed by atoms with Gasteiger partial charge < -0.3 is 11.1 Å². The van der Waals surface area contributed by atoms with E-state index in [1.54, 1.807) is 30.3 Å². The molecule has 3 rings (SSSR count).